The second kappa shape index (κ2) is 4.35. The van der Waals surface area contributed by atoms with Crippen molar-refractivity contribution in [1.82, 2.24) is 4.98 Å². The van der Waals surface area contributed by atoms with Gasteiger partial charge in [0.05, 0.1) is 12.3 Å². The highest BCUT2D eigenvalue weighted by Crippen LogP contribution is 2.26. The van der Waals surface area contributed by atoms with Gasteiger partial charge in [0.15, 0.2) is 0 Å². The van der Waals surface area contributed by atoms with E-state index in [1.807, 2.05) is 13.8 Å². The molecule has 4 heteroatoms. The summed E-state index contributed by atoms with van der Waals surface area (Å²) in [6.45, 7) is 5.33. The summed E-state index contributed by atoms with van der Waals surface area (Å²) in [5, 5.41) is 4.27. The van der Waals surface area contributed by atoms with Crippen LogP contribution in [0.15, 0.2) is 17.3 Å². The number of oxime groups is 1. The van der Waals surface area contributed by atoms with Crippen LogP contribution in [0.3, 0.4) is 0 Å². The van der Waals surface area contributed by atoms with Gasteiger partial charge in [-0.05, 0) is 44.7 Å². The molecular weight excluding hydrogens is 228 g/mol. The lowest BCUT2D eigenvalue weighted by atomic mass is 9.94. The maximum atomic E-state index is 5.42. The van der Waals surface area contributed by atoms with Gasteiger partial charge in [-0.1, -0.05) is 11.2 Å². The molecule has 1 aromatic heterocycles. The van der Waals surface area contributed by atoms with Crippen LogP contribution >= 0.6 is 0 Å². The quantitative estimate of drug-likeness (QED) is 0.607. The van der Waals surface area contributed by atoms with Crippen LogP contribution < -0.4 is 0 Å². The zero-order chi connectivity index (χ0) is 12.6. The predicted molar refractivity (Wildman–Crippen MR) is 68.8 cm³/mol. The fourth-order valence-electron chi connectivity index (χ4n) is 2.14. The summed E-state index contributed by atoms with van der Waals surface area (Å²) < 4.78 is 5.26. The van der Waals surface area contributed by atoms with Gasteiger partial charge in [-0.2, -0.15) is 0 Å². The van der Waals surface area contributed by atoms with Gasteiger partial charge in [0.2, 0.25) is 0 Å². The molecule has 0 saturated carbocycles. The third kappa shape index (κ3) is 2.38. The Labute approximate surface area is 107 Å². The van der Waals surface area contributed by atoms with Gasteiger partial charge < -0.3 is 9.57 Å². The van der Waals surface area contributed by atoms with Crippen molar-refractivity contribution in [1.29, 1.82) is 0 Å². The first kappa shape index (κ1) is 11.7. The monoisotopic (exact) mass is 246 g/mol. The molecule has 0 spiro atoms. The van der Waals surface area contributed by atoms with E-state index in [0.717, 1.165) is 43.0 Å². The molecule has 1 unspecified atom stereocenters. The molecule has 1 fully saturated rings. The van der Waals surface area contributed by atoms with Crippen molar-refractivity contribution in [3.8, 4) is 0 Å². The van der Waals surface area contributed by atoms with E-state index >= 15 is 0 Å². The maximum absolute atomic E-state index is 5.42. The van der Waals surface area contributed by atoms with Gasteiger partial charge in [-0.15, -0.1) is 0 Å². The van der Waals surface area contributed by atoms with Gasteiger partial charge in [0, 0.05) is 5.69 Å². The highest BCUT2D eigenvalue weighted by molar-refractivity contribution is 6.00. The number of hydrogen-bond acceptors (Lipinski definition) is 4. The normalized spacial score (nSPS) is 28.0. The standard InChI is InChI=1S/C14H18N2O2/c1-10-6-7-11-4-3-5-12(13(11)15-10)16-18-9-14(2)8-17-14/h6-7H,3-5,8-9H2,1-2H3. The summed E-state index contributed by atoms with van der Waals surface area (Å²) in [5.74, 6) is 0. The van der Waals surface area contributed by atoms with Crippen molar-refractivity contribution < 1.29 is 9.57 Å². The van der Waals surface area contributed by atoms with Crippen LogP contribution in [0.25, 0.3) is 0 Å². The summed E-state index contributed by atoms with van der Waals surface area (Å²) in [6.07, 6.45) is 3.15. The Morgan fingerprint density at radius 1 is 1.44 bits per heavy atom. The van der Waals surface area contributed by atoms with Gasteiger partial charge in [0.1, 0.15) is 17.9 Å². The average Bonchev–Trinajstić information content (AvgIpc) is 3.08. The molecule has 1 aromatic rings. The molecule has 4 nitrogen and oxygen atoms in total. The van der Waals surface area contributed by atoms with Crippen LogP contribution in [0.2, 0.25) is 0 Å². The van der Waals surface area contributed by atoms with Crippen LogP contribution in [-0.4, -0.2) is 29.5 Å². The molecule has 0 radical (unpaired) electrons. The SMILES string of the molecule is Cc1ccc2c(n1)C(=NOCC1(C)CO1)CCC2. The van der Waals surface area contributed by atoms with E-state index in [0.29, 0.717) is 6.61 Å². The van der Waals surface area contributed by atoms with E-state index < -0.39 is 0 Å². The molecule has 0 N–H and O–H groups in total. The minimum atomic E-state index is -0.110. The second-order valence-electron chi connectivity index (χ2n) is 5.36. The summed E-state index contributed by atoms with van der Waals surface area (Å²) in [4.78, 5) is 10.0. The molecule has 1 saturated heterocycles. The number of nitrogens with zero attached hydrogens (tertiary/aromatic N) is 2. The molecule has 0 aromatic carbocycles. The van der Waals surface area contributed by atoms with Crippen molar-refractivity contribution in [2.24, 2.45) is 5.16 Å². The third-order valence-electron chi connectivity index (χ3n) is 3.43. The topological polar surface area (TPSA) is 47.0 Å². The summed E-state index contributed by atoms with van der Waals surface area (Å²) in [5.41, 5.74) is 4.19. The molecule has 0 amide bonds. The summed E-state index contributed by atoms with van der Waals surface area (Å²) >= 11 is 0. The van der Waals surface area contributed by atoms with Gasteiger partial charge >= 0.3 is 0 Å². The van der Waals surface area contributed by atoms with Crippen LogP contribution in [0.5, 0.6) is 0 Å². The highest BCUT2D eigenvalue weighted by Gasteiger charge is 2.40. The Morgan fingerprint density at radius 2 is 2.28 bits per heavy atom. The van der Waals surface area contributed by atoms with Crippen molar-refractivity contribution in [3.63, 3.8) is 0 Å². The predicted octanol–water partition coefficient (Wildman–Crippen LogP) is 2.24. The Morgan fingerprint density at radius 3 is 3.06 bits per heavy atom. The van der Waals surface area contributed by atoms with Crippen molar-refractivity contribution in [2.75, 3.05) is 13.2 Å². The molecular formula is C14H18N2O2. The molecule has 3 rings (SSSR count). The molecule has 0 bridgehead atoms. The number of hydrogen-bond donors (Lipinski definition) is 0. The minimum Gasteiger partial charge on any atom is -0.392 e. The summed E-state index contributed by atoms with van der Waals surface area (Å²) in [7, 11) is 0. The lowest BCUT2D eigenvalue weighted by Gasteiger charge is -2.17. The fourth-order valence-corrected chi connectivity index (χ4v) is 2.14. The van der Waals surface area contributed by atoms with E-state index in [2.05, 4.69) is 22.3 Å². The highest BCUT2D eigenvalue weighted by atomic mass is 16.7. The molecule has 1 aliphatic carbocycles. The fraction of sp³-hybridized carbons (Fsp3) is 0.571. The molecule has 2 heterocycles. The van der Waals surface area contributed by atoms with Gasteiger partial charge in [-0.25, -0.2) is 0 Å². The van der Waals surface area contributed by atoms with Crippen LogP contribution in [-0.2, 0) is 16.0 Å². The largest absolute Gasteiger partial charge is 0.392 e. The number of pyridine rings is 1. The number of rotatable bonds is 3. The van der Waals surface area contributed by atoms with E-state index in [1.54, 1.807) is 0 Å². The molecule has 96 valence electrons. The number of fused-ring (bicyclic) bond motifs is 1. The Kier molecular flexibility index (Phi) is 2.82. The van der Waals surface area contributed by atoms with Gasteiger partial charge in [0.25, 0.3) is 0 Å². The van der Waals surface area contributed by atoms with E-state index in [4.69, 9.17) is 9.57 Å². The molecule has 1 atom stereocenters. The average molecular weight is 246 g/mol. The lowest BCUT2D eigenvalue weighted by Crippen LogP contribution is -2.17. The minimum absolute atomic E-state index is 0.110. The first-order valence-electron chi connectivity index (χ1n) is 6.46. The number of epoxide rings is 1. The van der Waals surface area contributed by atoms with Crippen molar-refractivity contribution >= 4 is 5.71 Å². The second-order valence-corrected chi connectivity index (χ2v) is 5.36. The number of ether oxygens (including phenoxy) is 1. The van der Waals surface area contributed by atoms with E-state index in [1.165, 1.54) is 5.56 Å². The lowest BCUT2D eigenvalue weighted by molar-refractivity contribution is 0.0911. The van der Waals surface area contributed by atoms with E-state index in [-0.39, 0.29) is 5.60 Å². The van der Waals surface area contributed by atoms with Crippen LogP contribution in [0.4, 0.5) is 0 Å². The van der Waals surface area contributed by atoms with Crippen molar-refractivity contribution in [3.05, 3.63) is 29.1 Å². The van der Waals surface area contributed by atoms with Gasteiger partial charge in [-0.3, -0.25) is 4.98 Å². The van der Waals surface area contributed by atoms with E-state index in [9.17, 15) is 0 Å². The van der Waals surface area contributed by atoms with Crippen molar-refractivity contribution in [2.45, 2.75) is 38.7 Å². The maximum Gasteiger partial charge on any atom is 0.148 e. The molecule has 1 aliphatic heterocycles. The Hall–Kier alpha value is -1.42. The zero-order valence-electron chi connectivity index (χ0n) is 10.9. The molecule has 18 heavy (non-hydrogen) atoms. The van der Waals surface area contributed by atoms with Crippen LogP contribution in [0.1, 0.15) is 36.7 Å². The Balaban J connectivity index is 1.77. The number of aryl methyl sites for hydroxylation is 2. The third-order valence-corrected chi connectivity index (χ3v) is 3.43. The first-order chi connectivity index (χ1) is 8.66. The smallest absolute Gasteiger partial charge is 0.148 e. The zero-order valence-corrected chi connectivity index (χ0v) is 10.9. The first-order valence-corrected chi connectivity index (χ1v) is 6.46. The number of aromatic nitrogens is 1. The van der Waals surface area contributed by atoms with Crippen LogP contribution in [0, 0.1) is 6.92 Å². The Bertz CT molecular complexity index is 493. The summed E-state index contributed by atoms with van der Waals surface area (Å²) in [6, 6.07) is 4.21. The molecule has 2 aliphatic rings.